The fourth-order valence-corrected chi connectivity index (χ4v) is 2.40. The first-order chi connectivity index (χ1) is 6.75. The molecule has 3 fully saturated rings. The molecular weight excluding hydrogens is 182 g/mol. The van der Waals surface area contributed by atoms with Gasteiger partial charge >= 0.3 is 0 Å². The first-order valence-corrected chi connectivity index (χ1v) is 4.77. The van der Waals surface area contributed by atoms with E-state index in [1.54, 1.807) is 7.05 Å². The number of nitrogens with zero attached hydrogens (tertiary/aromatic N) is 4. The number of rotatable bonds is 2. The Morgan fingerprint density at radius 3 is 3.00 bits per heavy atom. The molecule has 0 aromatic carbocycles. The second kappa shape index (κ2) is 2.60. The summed E-state index contributed by atoms with van der Waals surface area (Å²) in [5.41, 5.74) is 0. The van der Waals surface area contributed by atoms with Gasteiger partial charge in [0, 0.05) is 12.0 Å². The zero-order valence-electron chi connectivity index (χ0n) is 7.84. The molecular formula is C8H11N5O. The largest absolute Gasteiger partial charge is 0.313 e. The quantitative estimate of drug-likeness (QED) is 0.610. The van der Waals surface area contributed by atoms with Gasteiger partial charge < -0.3 is 5.32 Å². The predicted molar refractivity (Wildman–Crippen MR) is 46.5 cm³/mol. The standard InChI is InChI=1S/C8H11N5O/c1-13-11-8(10-12-13)7(14)6-4-2-5(6)9-3-4/h4-6,9H,2-3H2,1H3. The summed E-state index contributed by atoms with van der Waals surface area (Å²) >= 11 is 0. The summed E-state index contributed by atoms with van der Waals surface area (Å²) < 4.78 is 0. The fraction of sp³-hybridized carbons (Fsp3) is 0.750. The molecule has 2 aliphatic heterocycles. The van der Waals surface area contributed by atoms with Crippen LogP contribution in [0.25, 0.3) is 0 Å². The van der Waals surface area contributed by atoms with Crippen LogP contribution in [0, 0.1) is 11.8 Å². The number of Topliss-reactive ketones (excluding diaryl/α,β-unsaturated/α-hetero) is 1. The van der Waals surface area contributed by atoms with E-state index in [1.807, 2.05) is 0 Å². The van der Waals surface area contributed by atoms with Gasteiger partial charge in [-0.15, -0.1) is 10.2 Å². The van der Waals surface area contributed by atoms with Crippen molar-refractivity contribution in [3.63, 3.8) is 0 Å². The molecule has 4 rings (SSSR count). The number of aryl methyl sites for hydroxylation is 1. The lowest BCUT2D eigenvalue weighted by molar-refractivity contribution is 0.0772. The molecule has 3 heterocycles. The molecule has 0 spiro atoms. The molecule has 6 heteroatoms. The maximum atomic E-state index is 11.9. The Hall–Kier alpha value is -1.30. The monoisotopic (exact) mass is 193 g/mol. The molecule has 14 heavy (non-hydrogen) atoms. The molecule has 3 aliphatic rings. The number of hydrogen-bond acceptors (Lipinski definition) is 5. The van der Waals surface area contributed by atoms with Gasteiger partial charge in [-0.05, 0) is 24.1 Å². The Kier molecular flexibility index (Phi) is 1.49. The molecule has 2 saturated heterocycles. The lowest BCUT2D eigenvalue weighted by Crippen LogP contribution is -2.42. The zero-order chi connectivity index (χ0) is 9.71. The van der Waals surface area contributed by atoms with Crippen molar-refractivity contribution in [3.8, 4) is 0 Å². The van der Waals surface area contributed by atoms with E-state index in [1.165, 1.54) is 4.80 Å². The van der Waals surface area contributed by atoms with Crippen molar-refractivity contribution in [2.45, 2.75) is 12.5 Å². The van der Waals surface area contributed by atoms with Gasteiger partial charge in [0.2, 0.25) is 11.6 Å². The molecule has 74 valence electrons. The summed E-state index contributed by atoms with van der Waals surface area (Å²) in [6, 6.07) is 0.358. The van der Waals surface area contributed by atoms with Gasteiger partial charge in [0.1, 0.15) is 0 Å². The van der Waals surface area contributed by atoms with Gasteiger partial charge in [0.15, 0.2) is 0 Å². The number of hydrogen-bond donors (Lipinski definition) is 1. The maximum Gasteiger partial charge on any atom is 0.240 e. The third-order valence-corrected chi connectivity index (χ3v) is 3.17. The van der Waals surface area contributed by atoms with Crippen LogP contribution in [0.3, 0.4) is 0 Å². The van der Waals surface area contributed by atoms with Crippen LogP contribution in [0.5, 0.6) is 0 Å². The predicted octanol–water partition coefficient (Wildman–Crippen LogP) is -0.999. The van der Waals surface area contributed by atoms with Crippen LogP contribution in [-0.4, -0.2) is 38.6 Å². The number of tetrazole rings is 1. The van der Waals surface area contributed by atoms with Crippen LogP contribution >= 0.6 is 0 Å². The third kappa shape index (κ3) is 0.942. The lowest BCUT2D eigenvalue weighted by atomic mass is 9.71. The molecule has 3 unspecified atom stereocenters. The van der Waals surface area contributed by atoms with Crippen molar-refractivity contribution in [2.75, 3.05) is 6.54 Å². The minimum absolute atomic E-state index is 0.0457. The van der Waals surface area contributed by atoms with Crippen molar-refractivity contribution < 1.29 is 4.79 Å². The second-order valence-corrected chi connectivity index (χ2v) is 4.00. The van der Waals surface area contributed by atoms with E-state index < -0.39 is 0 Å². The molecule has 1 aromatic rings. The van der Waals surface area contributed by atoms with Gasteiger partial charge in [-0.3, -0.25) is 4.79 Å². The van der Waals surface area contributed by atoms with Crippen LogP contribution in [0.4, 0.5) is 0 Å². The average Bonchev–Trinajstić information content (AvgIpc) is 2.75. The Labute approximate surface area is 80.7 Å². The van der Waals surface area contributed by atoms with Crippen molar-refractivity contribution in [1.29, 1.82) is 0 Å². The van der Waals surface area contributed by atoms with Gasteiger partial charge in [0.25, 0.3) is 0 Å². The third-order valence-electron chi connectivity index (χ3n) is 3.17. The molecule has 1 aromatic heterocycles. The molecule has 6 nitrogen and oxygen atoms in total. The topological polar surface area (TPSA) is 72.7 Å². The highest BCUT2D eigenvalue weighted by Gasteiger charge is 2.51. The highest BCUT2D eigenvalue weighted by Crippen LogP contribution is 2.41. The van der Waals surface area contributed by atoms with E-state index >= 15 is 0 Å². The molecule has 3 atom stereocenters. The van der Waals surface area contributed by atoms with Gasteiger partial charge in [-0.25, -0.2) is 0 Å². The summed E-state index contributed by atoms with van der Waals surface area (Å²) in [7, 11) is 1.66. The number of ketones is 1. The minimum Gasteiger partial charge on any atom is -0.313 e. The highest BCUT2D eigenvalue weighted by molar-refractivity contribution is 5.95. The van der Waals surface area contributed by atoms with Gasteiger partial charge in [-0.1, -0.05) is 0 Å². The molecule has 0 radical (unpaired) electrons. The van der Waals surface area contributed by atoms with E-state index in [0.717, 1.165) is 13.0 Å². The SMILES string of the molecule is Cn1nnc(C(=O)C2C3CNC2C3)n1. The normalized spacial score (nSPS) is 34.2. The fourth-order valence-electron chi connectivity index (χ4n) is 2.40. The van der Waals surface area contributed by atoms with Crippen LogP contribution < -0.4 is 5.32 Å². The van der Waals surface area contributed by atoms with Crippen molar-refractivity contribution >= 4 is 5.78 Å². The average molecular weight is 193 g/mol. The van der Waals surface area contributed by atoms with E-state index in [2.05, 4.69) is 20.7 Å². The summed E-state index contributed by atoms with van der Waals surface area (Å²) in [5.74, 6) is 0.899. The summed E-state index contributed by atoms with van der Waals surface area (Å²) in [6.45, 7) is 0.960. The van der Waals surface area contributed by atoms with Crippen molar-refractivity contribution in [2.24, 2.45) is 18.9 Å². The van der Waals surface area contributed by atoms with E-state index in [0.29, 0.717) is 12.0 Å². The van der Waals surface area contributed by atoms with Gasteiger partial charge in [-0.2, -0.15) is 4.80 Å². The summed E-state index contributed by atoms with van der Waals surface area (Å²) in [5, 5.41) is 14.6. The molecule has 1 aliphatic carbocycles. The van der Waals surface area contributed by atoms with E-state index in [4.69, 9.17) is 0 Å². The van der Waals surface area contributed by atoms with E-state index in [-0.39, 0.29) is 17.5 Å². The van der Waals surface area contributed by atoms with Crippen LogP contribution in [-0.2, 0) is 7.05 Å². The Morgan fingerprint density at radius 2 is 2.50 bits per heavy atom. The second-order valence-electron chi connectivity index (χ2n) is 4.00. The first kappa shape index (κ1) is 8.05. The van der Waals surface area contributed by atoms with Crippen molar-refractivity contribution in [3.05, 3.63) is 5.82 Å². The van der Waals surface area contributed by atoms with Crippen LogP contribution in [0.15, 0.2) is 0 Å². The first-order valence-electron chi connectivity index (χ1n) is 4.77. The summed E-state index contributed by atoms with van der Waals surface area (Å²) in [4.78, 5) is 13.2. The van der Waals surface area contributed by atoms with Gasteiger partial charge in [0.05, 0.1) is 7.05 Å². The number of carbonyl (C=O) groups excluding carboxylic acids is 1. The lowest BCUT2D eigenvalue weighted by Gasteiger charge is -2.31. The number of nitrogens with one attached hydrogen (secondary N) is 1. The number of carbonyl (C=O) groups is 1. The molecule has 1 saturated carbocycles. The number of aromatic nitrogens is 4. The van der Waals surface area contributed by atoms with E-state index in [9.17, 15) is 4.79 Å². The summed E-state index contributed by atoms with van der Waals surface area (Å²) in [6.07, 6.45) is 1.12. The molecule has 2 bridgehead atoms. The minimum atomic E-state index is 0.0457. The molecule has 0 amide bonds. The smallest absolute Gasteiger partial charge is 0.240 e. The maximum absolute atomic E-state index is 11.9. The van der Waals surface area contributed by atoms with Crippen molar-refractivity contribution in [1.82, 2.24) is 25.5 Å². The number of fused-ring (bicyclic) bond motifs is 1. The molecule has 1 N–H and O–H groups in total. The highest BCUT2D eigenvalue weighted by atomic mass is 16.1. The van der Waals surface area contributed by atoms with Crippen LogP contribution in [0.1, 0.15) is 17.0 Å². The Morgan fingerprint density at radius 1 is 1.64 bits per heavy atom. The Bertz CT molecular complexity index is 373. The van der Waals surface area contributed by atoms with Crippen LogP contribution in [0.2, 0.25) is 0 Å². The Balaban J connectivity index is 1.83. The zero-order valence-corrected chi connectivity index (χ0v) is 7.84.